The minimum atomic E-state index is -0.864. The number of carboxylic acids is 1. The van der Waals surface area contributed by atoms with Gasteiger partial charge in [-0.2, -0.15) is 0 Å². The number of carbonyl (C=O) groups excluding carboxylic acids is 1. The van der Waals surface area contributed by atoms with Crippen molar-refractivity contribution in [3.8, 4) is 0 Å². The maximum absolute atomic E-state index is 13.0. The molecule has 1 amide bonds. The Morgan fingerprint density at radius 3 is 2.64 bits per heavy atom. The number of hydrogen-bond donors (Lipinski definition) is 3. The van der Waals surface area contributed by atoms with Crippen LogP contribution in [-0.4, -0.2) is 37.6 Å². The number of aromatic nitrogens is 3. The molecule has 1 saturated carbocycles. The van der Waals surface area contributed by atoms with Gasteiger partial charge in [0.1, 0.15) is 0 Å². The lowest BCUT2D eigenvalue weighted by molar-refractivity contribution is -0.141. The van der Waals surface area contributed by atoms with Gasteiger partial charge < -0.3 is 10.4 Å². The maximum atomic E-state index is 13.0. The van der Waals surface area contributed by atoms with Crippen molar-refractivity contribution in [2.45, 2.75) is 58.5 Å². The second-order valence-electron chi connectivity index (χ2n) is 7.47. The highest BCUT2D eigenvalue weighted by atomic mass is 16.4. The second-order valence-corrected chi connectivity index (χ2v) is 7.47. The van der Waals surface area contributed by atoms with Gasteiger partial charge in [-0.3, -0.25) is 23.9 Å². The smallest absolute Gasteiger partial charge is 0.329 e. The molecule has 150 valence electrons. The molecule has 0 aliphatic heterocycles. The molecule has 2 aromatic heterocycles. The number of carbonyl (C=O) groups is 2. The zero-order valence-electron chi connectivity index (χ0n) is 16.1. The minimum Gasteiger partial charge on any atom is -0.481 e. The standard InChI is InChI=1S/C19H24N4O5/c1-4-23-15-14(17(25)22-19(23)28)12(8-13(21-15)9(2)3)16(24)20-11-6-5-10(7-11)18(26)27/h8-11H,4-7H2,1-3H3,(H,20,24)(H,26,27)(H,22,25,28)/t10-,11+/m1/s1. The van der Waals surface area contributed by atoms with Gasteiger partial charge in [0.05, 0.1) is 16.9 Å². The fourth-order valence-electron chi connectivity index (χ4n) is 3.66. The van der Waals surface area contributed by atoms with E-state index in [0.717, 1.165) is 0 Å². The van der Waals surface area contributed by atoms with Crippen LogP contribution >= 0.6 is 0 Å². The number of aryl methyl sites for hydroxylation is 1. The fourth-order valence-corrected chi connectivity index (χ4v) is 3.66. The number of fused-ring (bicyclic) bond motifs is 1. The van der Waals surface area contributed by atoms with Crippen molar-refractivity contribution in [3.05, 3.63) is 38.2 Å². The number of carboxylic acid groups (broad SMARTS) is 1. The molecule has 0 spiro atoms. The third-order valence-corrected chi connectivity index (χ3v) is 5.24. The Morgan fingerprint density at radius 1 is 1.36 bits per heavy atom. The van der Waals surface area contributed by atoms with Gasteiger partial charge in [-0.25, -0.2) is 9.78 Å². The van der Waals surface area contributed by atoms with E-state index in [9.17, 15) is 19.2 Å². The van der Waals surface area contributed by atoms with E-state index >= 15 is 0 Å². The minimum absolute atomic E-state index is 0.0153. The summed E-state index contributed by atoms with van der Waals surface area (Å²) in [5.41, 5.74) is -0.301. The van der Waals surface area contributed by atoms with E-state index in [0.29, 0.717) is 31.5 Å². The highest BCUT2D eigenvalue weighted by Crippen LogP contribution is 2.26. The van der Waals surface area contributed by atoms with Crippen LogP contribution in [-0.2, 0) is 11.3 Å². The first-order valence-electron chi connectivity index (χ1n) is 9.44. The first-order chi connectivity index (χ1) is 13.2. The third kappa shape index (κ3) is 3.56. The molecule has 2 aromatic rings. The van der Waals surface area contributed by atoms with Crippen LogP contribution in [0.15, 0.2) is 15.7 Å². The summed E-state index contributed by atoms with van der Waals surface area (Å²) in [5, 5.41) is 12.1. The number of hydrogen-bond acceptors (Lipinski definition) is 5. The second kappa shape index (κ2) is 7.57. The molecule has 1 aliphatic rings. The zero-order chi connectivity index (χ0) is 20.6. The van der Waals surface area contributed by atoms with Gasteiger partial charge in [-0.1, -0.05) is 13.8 Å². The van der Waals surface area contributed by atoms with Crippen LogP contribution in [0.25, 0.3) is 11.0 Å². The lowest BCUT2D eigenvalue weighted by Crippen LogP contribution is -2.36. The lowest BCUT2D eigenvalue weighted by Gasteiger charge is -2.16. The fraction of sp³-hybridized carbons (Fsp3) is 0.526. The molecule has 2 atom stereocenters. The number of aliphatic carboxylic acids is 1. The molecule has 2 heterocycles. The van der Waals surface area contributed by atoms with E-state index in [4.69, 9.17) is 5.11 Å². The highest BCUT2D eigenvalue weighted by molar-refractivity contribution is 6.05. The van der Waals surface area contributed by atoms with Crippen molar-refractivity contribution in [2.75, 3.05) is 0 Å². The Kier molecular flexibility index (Phi) is 5.35. The van der Waals surface area contributed by atoms with Crippen LogP contribution in [0.2, 0.25) is 0 Å². The quantitative estimate of drug-likeness (QED) is 0.705. The molecule has 0 radical (unpaired) electrons. The van der Waals surface area contributed by atoms with Crippen molar-refractivity contribution >= 4 is 22.9 Å². The summed E-state index contributed by atoms with van der Waals surface area (Å²) in [6, 6.07) is 1.31. The molecule has 0 saturated heterocycles. The van der Waals surface area contributed by atoms with Crippen LogP contribution in [0.3, 0.4) is 0 Å². The Bertz CT molecular complexity index is 1050. The summed E-state index contributed by atoms with van der Waals surface area (Å²) in [6.07, 6.45) is 1.43. The maximum Gasteiger partial charge on any atom is 0.329 e. The molecule has 0 bridgehead atoms. The number of pyridine rings is 1. The van der Waals surface area contributed by atoms with Gasteiger partial charge in [-0.05, 0) is 38.2 Å². The third-order valence-electron chi connectivity index (χ3n) is 5.24. The molecule has 9 heteroatoms. The van der Waals surface area contributed by atoms with E-state index in [2.05, 4.69) is 15.3 Å². The van der Waals surface area contributed by atoms with Gasteiger partial charge in [0.25, 0.3) is 11.5 Å². The largest absolute Gasteiger partial charge is 0.481 e. The molecule has 1 fully saturated rings. The molecule has 0 unspecified atom stereocenters. The molecule has 28 heavy (non-hydrogen) atoms. The van der Waals surface area contributed by atoms with Gasteiger partial charge in [0.15, 0.2) is 5.65 Å². The SMILES string of the molecule is CCn1c(=O)[nH]c(=O)c2c(C(=O)N[C@H]3CC[C@@H](C(=O)O)C3)cc(C(C)C)nc21. The number of rotatable bonds is 5. The predicted molar refractivity (Wildman–Crippen MR) is 103 cm³/mol. The Hall–Kier alpha value is -2.97. The zero-order valence-corrected chi connectivity index (χ0v) is 16.1. The van der Waals surface area contributed by atoms with Crippen LogP contribution in [0, 0.1) is 5.92 Å². The predicted octanol–water partition coefficient (Wildman–Crippen LogP) is 1.21. The summed E-state index contributed by atoms with van der Waals surface area (Å²) in [4.78, 5) is 55.5. The van der Waals surface area contributed by atoms with Gasteiger partial charge in [-0.15, -0.1) is 0 Å². The van der Waals surface area contributed by atoms with Crippen molar-refractivity contribution in [1.29, 1.82) is 0 Å². The van der Waals surface area contributed by atoms with Crippen LogP contribution in [0.1, 0.15) is 62.0 Å². The molecule has 3 N–H and O–H groups in total. The van der Waals surface area contributed by atoms with Gasteiger partial charge in [0.2, 0.25) is 0 Å². The van der Waals surface area contributed by atoms with E-state index in [1.54, 1.807) is 13.0 Å². The topological polar surface area (TPSA) is 134 Å². The molecule has 9 nitrogen and oxygen atoms in total. The Morgan fingerprint density at radius 2 is 2.07 bits per heavy atom. The summed E-state index contributed by atoms with van der Waals surface area (Å²) >= 11 is 0. The molecular formula is C19H24N4O5. The number of aromatic amines is 1. The van der Waals surface area contributed by atoms with Crippen LogP contribution < -0.4 is 16.6 Å². The first-order valence-corrected chi connectivity index (χ1v) is 9.44. The summed E-state index contributed by atoms with van der Waals surface area (Å²) in [5.74, 6) is -1.81. The van der Waals surface area contributed by atoms with Crippen molar-refractivity contribution in [3.63, 3.8) is 0 Å². The monoisotopic (exact) mass is 388 g/mol. The number of amides is 1. The summed E-state index contributed by atoms with van der Waals surface area (Å²) < 4.78 is 1.33. The van der Waals surface area contributed by atoms with Crippen LogP contribution in [0.5, 0.6) is 0 Å². The molecular weight excluding hydrogens is 364 g/mol. The molecule has 0 aromatic carbocycles. The van der Waals surface area contributed by atoms with E-state index < -0.39 is 29.0 Å². The Balaban J connectivity index is 2.09. The van der Waals surface area contributed by atoms with Crippen LogP contribution in [0.4, 0.5) is 0 Å². The summed E-state index contributed by atoms with van der Waals surface area (Å²) in [7, 11) is 0. The lowest BCUT2D eigenvalue weighted by atomic mass is 10.0. The molecule has 3 rings (SSSR count). The van der Waals surface area contributed by atoms with Crippen molar-refractivity contribution in [1.82, 2.24) is 19.9 Å². The van der Waals surface area contributed by atoms with E-state index in [1.807, 2.05) is 13.8 Å². The number of nitrogens with zero attached hydrogens (tertiary/aromatic N) is 2. The number of nitrogens with one attached hydrogen (secondary N) is 2. The summed E-state index contributed by atoms with van der Waals surface area (Å²) in [6.45, 7) is 5.87. The average Bonchev–Trinajstić information content (AvgIpc) is 3.09. The first kappa shape index (κ1) is 19.8. The van der Waals surface area contributed by atoms with Crippen molar-refractivity contribution < 1.29 is 14.7 Å². The highest BCUT2D eigenvalue weighted by Gasteiger charge is 2.31. The van der Waals surface area contributed by atoms with Gasteiger partial charge in [0, 0.05) is 18.3 Å². The van der Waals surface area contributed by atoms with Gasteiger partial charge >= 0.3 is 11.7 Å². The molecule has 1 aliphatic carbocycles. The normalized spacial score (nSPS) is 19.3. The van der Waals surface area contributed by atoms with E-state index in [-0.39, 0.29) is 28.6 Å². The average molecular weight is 388 g/mol. The van der Waals surface area contributed by atoms with E-state index in [1.165, 1.54) is 4.57 Å². The number of H-pyrrole nitrogens is 1. The van der Waals surface area contributed by atoms with Crippen molar-refractivity contribution in [2.24, 2.45) is 5.92 Å². The Labute approximate surface area is 160 Å².